The highest BCUT2D eigenvalue weighted by atomic mass is 35.5. The van der Waals surface area contributed by atoms with Gasteiger partial charge in [0.1, 0.15) is 11.6 Å². The number of amides is 1. The Morgan fingerprint density at radius 3 is 2.54 bits per heavy atom. The zero-order valence-electron chi connectivity index (χ0n) is 25.5. The largest absolute Gasteiger partial charge is 0.434 e. The second kappa shape index (κ2) is 13.2. The number of benzene rings is 1. The Morgan fingerprint density at radius 2 is 1.90 bits per heavy atom. The third kappa shape index (κ3) is 7.27. The molecule has 4 rings (SSSR count). The minimum atomic E-state index is -0.515. The van der Waals surface area contributed by atoms with E-state index in [0.717, 1.165) is 39.1 Å². The van der Waals surface area contributed by atoms with E-state index in [4.69, 9.17) is 16.3 Å². The number of anilines is 1. The Balaban J connectivity index is 1.51. The zero-order valence-corrected chi connectivity index (χ0v) is 26.3. The Hall–Kier alpha value is -2.56. The average Bonchev–Trinajstić information content (AvgIpc) is 3.33. The van der Waals surface area contributed by atoms with Gasteiger partial charge in [-0.1, -0.05) is 13.8 Å². The number of rotatable bonds is 12. The summed E-state index contributed by atoms with van der Waals surface area (Å²) >= 11 is 6.20. The summed E-state index contributed by atoms with van der Waals surface area (Å²) in [4.78, 5) is 26.5. The van der Waals surface area contributed by atoms with Crippen LogP contribution in [0.2, 0.25) is 5.28 Å². The van der Waals surface area contributed by atoms with Gasteiger partial charge in [-0.25, -0.2) is 4.39 Å². The molecule has 3 heterocycles. The van der Waals surface area contributed by atoms with Crippen LogP contribution in [0.5, 0.6) is 11.6 Å². The Morgan fingerprint density at radius 1 is 1.17 bits per heavy atom. The molecule has 1 amide bonds. The summed E-state index contributed by atoms with van der Waals surface area (Å²) in [6.45, 7) is 15.7. The van der Waals surface area contributed by atoms with Gasteiger partial charge in [0, 0.05) is 50.2 Å². The van der Waals surface area contributed by atoms with E-state index in [-0.39, 0.29) is 39.8 Å². The third-order valence-corrected chi connectivity index (χ3v) is 8.54. The molecule has 2 aromatic rings. The van der Waals surface area contributed by atoms with E-state index >= 15 is 0 Å². The number of hydrogen-bond donors (Lipinski definition) is 0. The van der Waals surface area contributed by atoms with Crippen LogP contribution < -0.4 is 9.64 Å². The van der Waals surface area contributed by atoms with E-state index < -0.39 is 5.82 Å². The lowest BCUT2D eigenvalue weighted by Gasteiger charge is -2.53. The van der Waals surface area contributed by atoms with Crippen molar-refractivity contribution in [3.63, 3.8) is 0 Å². The first-order valence-electron chi connectivity index (χ1n) is 14.8. The maximum absolute atomic E-state index is 14.3. The number of carbonyl (C=O) groups is 1. The van der Waals surface area contributed by atoms with Crippen LogP contribution in [-0.2, 0) is 0 Å². The maximum Gasteiger partial charge on any atom is 0.282 e. The highest BCUT2D eigenvalue weighted by molar-refractivity contribution is 6.28. The summed E-state index contributed by atoms with van der Waals surface area (Å²) < 4.78 is 20.4. The molecule has 1 spiro atoms. The molecule has 0 N–H and O–H groups in total. The van der Waals surface area contributed by atoms with Crippen molar-refractivity contribution in [2.45, 2.75) is 66.0 Å². The molecule has 41 heavy (non-hydrogen) atoms. The first-order chi connectivity index (χ1) is 19.4. The summed E-state index contributed by atoms with van der Waals surface area (Å²) in [5.74, 6) is 0.623. The van der Waals surface area contributed by atoms with Crippen LogP contribution in [0, 0.1) is 17.2 Å². The van der Waals surface area contributed by atoms with Gasteiger partial charge in [-0.2, -0.15) is 4.98 Å². The van der Waals surface area contributed by atoms with Gasteiger partial charge in [0.25, 0.3) is 11.8 Å². The van der Waals surface area contributed by atoms with Crippen molar-refractivity contribution < 1.29 is 13.9 Å². The molecule has 0 saturated carbocycles. The molecule has 2 aliphatic rings. The molecule has 1 unspecified atom stereocenters. The molecule has 9 nitrogen and oxygen atoms in total. The summed E-state index contributed by atoms with van der Waals surface area (Å²) in [5, 5.41) is 8.15. The van der Waals surface area contributed by atoms with E-state index in [9.17, 15) is 9.18 Å². The number of hydrogen-bond acceptors (Lipinski definition) is 8. The van der Waals surface area contributed by atoms with Crippen LogP contribution in [0.1, 0.15) is 64.2 Å². The Labute approximate surface area is 249 Å². The highest BCUT2D eigenvalue weighted by Gasteiger charge is 2.50. The fraction of sp³-hybridized carbons (Fsp3) is 0.667. The van der Waals surface area contributed by atoms with Gasteiger partial charge < -0.3 is 19.4 Å². The van der Waals surface area contributed by atoms with E-state index in [0.29, 0.717) is 24.3 Å². The zero-order chi connectivity index (χ0) is 29.9. The number of likely N-dealkylation sites (tertiary alicyclic amines) is 1. The first-order valence-corrected chi connectivity index (χ1v) is 15.1. The molecule has 1 atom stereocenters. The molecule has 226 valence electrons. The molecule has 0 bridgehead atoms. The Kier molecular flexibility index (Phi) is 10.1. The number of carbonyl (C=O) groups excluding carboxylic acids is 1. The molecule has 2 saturated heterocycles. The number of ether oxygens (including phenoxy) is 1. The molecule has 11 heteroatoms. The lowest BCUT2D eigenvalue weighted by Crippen LogP contribution is -2.62. The quantitative estimate of drug-likeness (QED) is 0.334. The summed E-state index contributed by atoms with van der Waals surface area (Å²) in [6.07, 6.45) is 3.43. The average molecular weight is 590 g/mol. The van der Waals surface area contributed by atoms with Crippen LogP contribution >= 0.6 is 11.6 Å². The fourth-order valence-corrected chi connectivity index (χ4v) is 6.42. The molecule has 0 aliphatic carbocycles. The van der Waals surface area contributed by atoms with Crippen molar-refractivity contribution in [2.75, 3.05) is 58.3 Å². The van der Waals surface area contributed by atoms with Crippen molar-refractivity contribution in [1.29, 1.82) is 0 Å². The van der Waals surface area contributed by atoms with Crippen molar-refractivity contribution in [1.82, 2.24) is 29.9 Å². The molecule has 1 aromatic heterocycles. The van der Waals surface area contributed by atoms with Gasteiger partial charge in [-0.05, 0) is 96.4 Å². The second-order valence-corrected chi connectivity index (χ2v) is 12.8. The van der Waals surface area contributed by atoms with Crippen molar-refractivity contribution >= 4 is 23.3 Å². The minimum Gasteiger partial charge on any atom is -0.434 e. The van der Waals surface area contributed by atoms with E-state index in [2.05, 4.69) is 57.8 Å². The minimum absolute atomic E-state index is 0.0247. The van der Waals surface area contributed by atoms with E-state index in [1.165, 1.54) is 31.0 Å². The maximum atomic E-state index is 14.3. The second-order valence-electron chi connectivity index (χ2n) is 12.5. The summed E-state index contributed by atoms with van der Waals surface area (Å²) in [6, 6.07) is 4.45. The predicted molar refractivity (Wildman–Crippen MR) is 160 cm³/mol. The van der Waals surface area contributed by atoms with Crippen LogP contribution in [0.25, 0.3) is 0 Å². The Bertz CT molecular complexity index is 1210. The number of halogens is 2. The molecule has 2 fully saturated rings. The molecule has 1 aromatic carbocycles. The van der Waals surface area contributed by atoms with Crippen LogP contribution in [0.3, 0.4) is 0 Å². The van der Waals surface area contributed by atoms with E-state index in [1.807, 2.05) is 20.8 Å². The van der Waals surface area contributed by atoms with E-state index in [1.54, 1.807) is 4.90 Å². The van der Waals surface area contributed by atoms with Crippen molar-refractivity contribution in [3.05, 3.63) is 34.9 Å². The third-order valence-electron chi connectivity index (χ3n) is 8.37. The molecular formula is C30H45ClFN7O2. The van der Waals surface area contributed by atoms with Gasteiger partial charge >= 0.3 is 0 Å². The number of nitrogens with zero attached hydrogens (tertiary/aromatic N) is 7. The summed E-state index contributed by atoms with van der Waals surface area (Å²) in [5.41, 5.74) is 0.309. The van der Waals surface area contributed by atoms with Crippen LogP contribution in [0.4, 0.5) is 10.2 Å². The molecular weight excluding hydrogens is 545 g/mol. The molecule has 2 aliphatic heterocycles. The summed E-state index contributed by atoms with van der Waals surface area (Å²) in [7, 11) is 4.26. The topological polar surface area (TPSA) is 77.9 Å². The van der Waals surface area contributed by atoms with Crippen LogP contribution in [-0.4, -0.2) is 101 Å². The standard InChI is InChI=1S/C30H45ClFN7O2/c1-8-39(21(4)5)28(40)23-16-22(32)11-12-25(23)41-27-26(33-29(31)35-34-27)37-15-13-30(17-37)18-38(19-30)24(20(2)3)10-9-14-36(6)7/h11-12,16,20-21,24H,8-10,13-15,17-19H2,1-7H3. The van der Waals surface area contributed by atoms with Gasteiger partial charge in [-0.3, -0.25) is 9.69 Å². The smallest absolute Gasteiger partial charge is 0.282 e. The molecule has 0 radical (unpaired) electrons. The van der Waals surface area contributed by atoms with Crippen molar-refractivity contribution in [2.24, 2.45) is 11.3 Å². The van der Waals surface area contributed by atoms with Gasteiger partial charge in [0.2, 0.25) is 5.28 Å². The predicted octanol–water partition coefficient (Wildman–Crippen LogP) is 5.21. The van der Waals surface area contributed by atoms with Crippen LogP contribution in [0.15, 0.2) is 18.2 Å². The normalized spacial score (nSPS) is 17.5. The van der Waals surface area contributed by atoms with Gasteiger partial charge in [0.15, 0.2) is 5.82 Å². The van der Waals surface area contributed by atoms with Gasteiger partial charge in [0.05, 0.1) is 5.56 Å². The van der Waals surface area contributed by atoms with Crippen molar-refractivity contribution in [3.8, 4) is 11.6 Å². The lowest BCUT2D eigenvalue weighted by molar-refractivity contribution is -0.0343. The fourth-order valence-electron chi connectivity index (χ4n) is 6.30. The monoisotopic (exact) mass is 589 g/mol. The number of aromatic nitrogens is 3. The first kappa shape index (κ1) is 31.4. The van der Waals surface area contributed by atoms with Gasteiger partial charge in [-0.15, -0.1) is 10.2 Å². The highest BCUT2D eigenvalue weighted by Crippen LogP contribution is 2.45. The lowest BCUT2D eigenvalue weighted by atomic mass is 9.76. The SMILES string of the molecule is CCN(C(=O)c1cc(F)ccc1Oc1nnc(Cl)nc1N1CCC2(C1)CN(C(CCCN(C)C)C(C)C)C2)C(C)C.